The van der Waals surface area contributed by atoms with Gasteiger partial charge in [0.25, 0.3) is 0 Å². The fourth-order valence-corrected chi connectivity index (χ4v) is 2.49. The first-order valence-corrected chi connectivity index (χ1v) is 6.32. The highest BCUT2D eigenvalue weighted by Crippen LogP contribution is 2.22. The summed E-state index contributed by atoms with van der Waals surface area (Å²) in [6, 6.07) is 6.27. The zero-order valence-corrected chi connectivity index (χ0v) is 10.2. The molecule has 0 bridgehead atoms. The van der Waals surface area contributed by atoms with Gasteiger partial charge in [0.1, 0.15) is 5.82 Å². The van der Waals surface area contributed by atoms with Crippen LogP contribution >= 0.6 is 0 Å². The van der Waals surface area contributed by atoms with E-state index in [-0.39, 0.29) is 0 Å². The summed E-state index contributed by atoms with van der Waals surface area (Å²) in [6.07, 6.45) is 5.77. The Kier molecular flexibility index (Phi) is 2.67. The molecule has 0 aliphatic carbocycles. The van der Waals surface area contributed by atoms with Gasteiger partial charge in [-0.2, -0.15) is 0 Å². The Labute approximate surface area is 101 Å². The summed E-state index contributed by atoms with van der Waals surface area (Å²) in [4.78, 5) is 11.4. The van der Waals surface area contributed by atoms with E-state index < -0.39 is 0 Å². The van der Waals surface area contributed by atoms with Crippen molar-refractivity contribution < 1.29 is 0 Å². The molecule has 0 atom stereocenters. The van der Waals surface area contributed by atoms with Crippen molar-refractivity contribution in [2.24, 2.45) is 0 Å². The number of rotatable bonds is 1. The molecule has 3 rings (SSSR count). The second kappa shape index (κ2) is 4.32. The van der Waals surface area contributed by atoms with Crippen molar-refractivity contribution in [1.82, 2.24) is 9.97 Å². The molecule has 3 nitrogen and oxygen atoms in total. The van der Waals surface area contributed by atoms with E-state index in [1.165, 1.54) is 19.3 Å². The Hall–Kier alpha value is -1.64. The highest BCUT2D eigenvalue weighted by Gasteiger charge is 2.12. The Morgan fingerprint density at radius 1 is 1.06 bits per heavy atom. The maximum Gasteiger partial charge on any atom is 0.129 e. The van der Waals surface area contributed by atoms with Crippen LogP contribution in [0.25, 0.3) is 10.9 Å². The normalized spacial score (nSPS) is 16.4. The van der Waals surface area contributed by atoms with Gasteiger partial charge in [-0.3, -0.25) is 4.98 Å². The van der Waals surface area contributed by atoms with Gasteiger partial charge in [-0.05, 0) is 44.4 Å². The van der Waals surface area contributed by atoms with Crippen molar-refractivity contribution in [1.29, 1.82) is 0 Å². The number of pyridine rings is 2. The number of aryl methyl sites for hydroxylation is 1. The van der Waals surface area contributed by atoms with Gasteiger partial charge in [0.05, 0.1) is 5.52 Å². The lowest BCUT2D eigenvalue weighted by Crippen LogP contribution is -2.30. The van der Waals surface area contributed by atoms with Crippen LogP contribution in [-0.4, -0.2) is 23.1 Å². The lowest BCUT2D eigenvalue weighted by atomic mass is 10.1. The quantitative estimate of drug-likeness (QED) is 0.750. The lowest BCUT2D eigenvalue weighted by Gasteiger charge is -2.27. The molecular weight excluding hydrogens is 210 g/mol. The van der Waals surface area contributed by atoms with E-state index in [2.05, 4.69) is 22.0 Å². The average molecular weight is 227 g/mol. The predicted molar refractivity (Wildman–Crippen MR) is 70.3 cm³/mol. The lowest BCUT2D eigenvalue weighted by molar-refractivity contribution is 0.574. The first kappa shape index (κ1) is 10.5. The zero-order valence-electron chi connectivity index (χ0n) is 10.2. The van der Waals surface area contributed by atoms with Gasteiger partial charge in [-0.15, -0.1) is 0 Å². The number of fused-ring (bicyclic) bond motifs is 1. The molecule has 0 amide bonds. The molecule has 1 aliphatic heterocycles. The van der Waals surface area contributed by atoms with Crippen LogP contribution in [0.2, 0.25) is 0 Å². The van der Waals surface area contributed by atoms with Gasteiger partial charge < -0.3 is 4.90 Å². The summed E-state index contributed by atoms with van der Waals surface area (Å²) in [6.45, 7) is 4.32. The van der Waals surface area contributed by atoms with E-state index >= 15 is 0 Å². The van der Waals surface area contributed by atoms with Crippen LogP contribution in [0.1, 0.15) is 25.0 Å². The van der Waals surface area contributed by atoms with Crippen LogP contribution in [0.15, 0.2) is 24.4 Å². The van der Waals surface area contributed by atoms with Crippen molar-refractivity contribution in [3.8, 4) is 0 Å². The Morgan fingerprint density at radius 3 is 2.71 bits per heavy atom. The van der Waals surface area contributed by atoms with Crippen LogP contribution < -0.4 is 4.90 Å². The van der Waals surface area contributed by atoms with E-state index in [1.54, 1.807) is 0 Å². The topological polar surface area (TPSA) is 29.0 Å². The number of hydrogen-bond donors (Lipinski definition) is 0. The molecule has 0 aromatic carbocycles. The van der Waals surface area contributed by atoms with E-state index in [0.29, 0.717) is 0 Å². The first-order valence-electron chi connectivity index (χ1n) is 6.32. The predicted octanol–water partition coefficient (Wildman–Crippen LogP) is 2.93. The number of hydrogen-bond acceptors (Lipinski definition) is 3. The van der Waals surface area contributed by atoms with E-state index in [1.807, 2.05) is 19.2 Å². The molecule has 1 fully saturated rings. The maximum absolute atomic E-state index is 4.75. The molecular formula is C14H17N3. The maximum atomic E-state index is 4.75. The Balaban J connectivity index is 2.01. The van der Waals surface area contributed by atoms with E-state index in [9.17, 15) is 0 Å². The first-order chi connectivity index (χ1) is 8.34. The van der Waals surface area contributed by atoms with E-state index in [4.69, 9.17) is 4.98 Å². The van der Waals surface area contributed by atoms with Crippen LogP contribution in [0.5, 0.6) is 0 Å². The molecule has 0 unspecified atom stereocenters. The molecule has 0 spiro atoms. The third-order valence-corrected chi connectivity index (χ3v) is 3.48. The molecule has 1 aliphatic rings. The largest absolute Gasteiger partial charge is 0.357 e. The average Bonchev–Trinajstić information content (AvgIpc) is 2.40. The van der Waals surface area contributed by atoms with Crippen molar-refractivity contribution in [2.75, 3.05) is 18.0 Å². The van der Waals surface area contributed by atoms with E-state index in [0.717, 1.165) is 35.5 Å². The summed E-state index contributed by atoms with van der Waals surface area (Å²) < 4.78 is 0. The summed E-state index contributed by atoms with van der Waals surface area (Å²) in [5.41, 5.74) is 2.11. The standard InChI is InChI=1S/C14H17N3/c1-11-12-5-6-14(16-13(12)7-8-15-11)17-9-3-2-4-10-17/h5-8H,2-4,9-10H2,1H3. The van der Waals surface area contributed by atoms with Gasteiger partial charge in [-0.1, -0.05) is 0 Å². The summed E-state index contributed by atoms with van der Waals surface area (Å²) in [5, 5.41) is 1.16. The highest BCUT2D eigenvalue weighted by atomic mass is 15.2. The summed E-state index contributed by atoms with van der Waals surface area (Å²) >= 11 is 0. The molecule has 0 saturated carbocycles. The second-order valence-corrected chi connectivity index (χ2v) is 4.68. The van der Waals surface area contributed by atoms with Crippen molar-refractivity contribution >= 4 is 16.7 Å². The minimum Gasteiger partial charge on any atom is -0.357 e. The number of piperidine rings is 1. The van der Waals surface area contributed by atoms with Crippen molar-refractivity contribution in [2.45, 2.75) is 26.2 Å². The second-order valence-electron chi connectivity index (χ2n) is 4.68. The SMILES string of the molecule is Cc1nccc2nc(N3CCCCC3)ccc12. The van der Waals surface area contributed by atoms with Gasteiger partial charge >= 0.3 is 0 Å². The molecule has 1 saturated heterocycles. The van der Waals surface area contributed by atoms with Crippen LogP contribution in [0.4, 0.5) is 5.82 Å². The zero-order chi connectivity index (χ0) is 11.7. The molecule has 2 aromatic heterocycles. The molecule has 0 N–H and O–H groups in total. The molecule has 17 heavy (non-hydrogen) atoms. The molecule has 3 heterocycles. The molecule has 2 aromatic rings. The van der Waals surface area contributed by atoms with Gasteiger partial charge in [0.15, 0.2) is 0 Å². The fourth-order valence-electron chi connectivity index (χ4n) is 2.49. The Bertz CT molecular complexity index is 530. The molecule has 0 radical (unpaired) electrons. The van der Waals surface area contributed by atoms with Crippen LogP contribution in [0, 0.1) is 6.92 Å². The third-order valence-electron chi connectivity index (χ3n) is 3.48. The van der Waals surface area contributed by atoms with Crippen molar-refractivity contribution in [3.63, 3.8) is 0 Å². The van der Waals surface area contributed by atoms with Crippen molar-refractivity contribution in [3.05, 3.63) is 30.1 Å². The highest BCUT2D eigenvalue weighted by molar-refractivity contribution is 5.82. The summed E-state index contributed by atoms with van der Waals surface area (Å²) in [7, 11) is 0. The van der Waals surface area contributed by atoms with Gasteiger partial charge in [0, 0.05) is 30.4 Å². The smallest absolute Gasteiger partial charge is 0.129 e. The molecule has 3 heteroatoms. The van der Waals surface area contributed by atoms with Gasteiger partial charge in [0.2, 0.25) is 0 Å². The number of nitrogens with zero attached hydrogens (tertiary/aromatic N) is 3. The fraction of sp³-hybridized carbons (Fsp3) is 0.429. The monoisotopic (exact) mass is 227 g/mol. The van der Waals surface area contributed by atoms with Crippen LogP contribution in [-0.2, 0) is 0 Å². The minimum absolute atomic E-state index is 1.06. The third kappa shape index (κ3) is 1.97. The Morgan fingerprint density at radius 2 is 1.88 bits per heavy atom. The summed E-state index contributed by atoms with van der Waals surface area (Å²) in [5.74, 6) is 1.11. The van der Waals surface area contributed by atoms with Gasteiger partial charge in [-0.25, -0.2) is 4.98 Å². The minimum atomic E-state index is 1.06. The molecule has 88 valence electrons. The number of aromatic nitrogens is 2. The van der Waals surface area contributed by atoms with Crippen LogP contribution in [0.3, 0.4) is 0 Å². The number of anilines is 1.